The van der Waals surface area contributed by atoms with E-state index in [2.05, 4.69) is 59.1 Å². The molecule has 0 amide bonds. The maximum Gasteiger partial charge on any atom is 0.129 e. The SMILES string of the molecule is CCNC(c1cccc(I)c1)c1cc(C)c(F)c(C)c1. The summed E-state index contributed by atoms with van der Waals surface area (Å²) in [5.41, 5.74) is 3.73. The van der Waals surface area contributed by atoms with Gasteiger partial charge in [0.15, 0.2) is 0 Å². The molecule has 106 valence electrons. The van der Waals surface area contributed by atoms with Gasteiger partial charge in [-0.15, -0.1) is 0 Å². The van der Waals surface area contributed by atoms with E-state index in [-0.39, 0.29) is 11.9 Å². The Kier molecular flexibility index (Phi) is 5.16. The van der Waals surface area contributed by atoms with E-state index in [0.29, 0.717) is 11.1 Å². The van der Waals surface area contributed by atoms with Gasteiger partial charge < -0.3 is 5.32 Å². The maximum absolute atomic E-state index is 13.8. The third kappa shape index (κ3) is 3.38. The fourth-order valence-corrected chi connectivity index (χ4v) is 3.03. The molecular weight excluding hydrogens is 364 g/mol. The molecule has 2 aromatic rings. The van der Waals surface area contributed by atoms with Crippen LogP contribution in [0.5, 0.6) is 0 Å². The third-order valence-electron chi connectivity index (χ3n) is 3.38. The van der Waals surface area contributed by atoms with Gasteiger partial charge >= 0.3 is 0 Å². The van der Waals surface area contributed by atoms with Gasteiger partial charge in [0.05, 0.1) is 6.04 Å². The zero-order valence-electron chi connectivity index (χ0n) is 12.0. The summed E-state index contributed by atoms with van der Waals surface area (Å²) in [6, 6.07) is 12.4. The van der Waals surface area contributed by atoms with Gasteiger partial charge in [-0.25, -0.2) is 4.39 Å². The van der Waals surface area contributed by atoms with Crippen molar-refractivity contribution in [3.8, 4) is 0 Å². The molecule has 1 atom stereocenters. The van der Waals surface area contributed by atoms with Crippen LogP contribution in [0.1, 0.15) is 35.2 Å². The molecule has 1 nitrogen and oxygen atoms in total. The number of nitrogens with one attached hydrogen (secondary N) is 1. The summed E-state index contributed by atoms with van der Waals surface area (Å²) in [5, 5.41) is 3.49. The van der Waals surface area contributed by atoms with Gasteiger partial charge in [-0.1, -0.05) is 31.2 Å². The van der Waals surface area contributed by atoms with Crippen LogP contribution in [-0.2, 0) is 0 Å². The average Bonchev–Trinajstić information content (AvgIpc) is 2.41. The van der Waals surface area contributed by atoms with Crippen LogP contribution in [0.2, 0.25) is 0 Å². The zero-order chi connectivity index (χ0) is 14.7. The Morgan fingerprint density at radius 1 is 1.10 bits per heavy atom. The number of hydrogen-bond donors (Lipinski definition) is 1. The highest BCUT2D eigenvalue weighted by Crippen LogP contribution is 2.26. The van der Waals surface area contributed by atoms with E-state index in [1.165, 1.54) is 9.13 Å². The summed E-state index contributed by atoms with van der Waals surface area (Å²) in [6.45, 7) is 6.60. The molecule has 0 aliphatic heterocycles. The molecule has 20 heavy (non-hydrogen) atoms. The summed E-state index contributed by atoms with van der Waals surface area (Å²) in [5.74, 6) is -0.105. The summed E-state index contributed by atoms with van der Waals surface area (Å²) in [4.78, 5) is 0. The highest BCUT2D eigenvalue weighted by molar-refractivity contribution is 14.1. The van der Waals surface area contributed by atoms with E-state index in [0.717, 1.165) is 12.1 Å². The third-order valence-corrected chi connectivity index (χ3v) is 4.05. The van der Waals surface area contributed by atoms with Crippen molar-refractivity contribution in [1.82, 2.24) is 5.32 Å². The van der Waals surface area contributed by atoms with Crippen LogP contribution in [0, 0.1) is 23.2 Å². The summed E-state index contributed by atoms with van der Waals surface area (Å²) in [6.07, 6.45) is 0. The number of aryl methyl sites for hydroxylation is 2. The van der Waals surface area contributed by atoms with Crippen molar-refractivity contribution in [3.63, 3.8) is 0 Å². The summed E-state index contributed by atoms with van der Waals surface area (Å²) >= 11 is 2.32. The Bertz CT molecular complexity index is 587. The first-order chi connectivity index (χ1) is 9.52. The van der Waals surface area contributed by atoms with E-state index in [1.807, 2.05) is 26.0 Å². The Morgan fingerprint density at radius 2 is 1.75 bits per heavy atom. The maximum atomic E-state index is 13.8. The highest BCUT2D eigenvalue weighted by Gasteiger charge is 2.15. The smallest absolute Gasteiger partial charge is 0.129 e. The molecule has 0 aromatic heterocycles. The monoisotopic (exact) mass is 383 g/mol. The lowest BCUT2D eigenvalue weighted by Gasteiger charge is -2.20. The minimum atomic E-state index is -0.105. The Labute approximate surface area is 133 Å². The molecule has 3 heteroatoms. The second kappa shape index (κ2) is 6.68. The Balaban J connectivity index is 2.48. The first-order valence-electron chi connectivity index (χ1n) is 6.78. The number of hydrogen-bond acceptors (Lipinski definition) is 1. The molecule has 2 aromatic carbocycles. The van der Waals surface area contributed by atoms with Crippen molar-refractivity contribution in [2.24, 2.45) is 0 Å². The standard InChI is InChI=1S/C17H19FIN/c1-4-20-17(13-6-5-7-15(19)10-13)14-8-11(2)16(18)12(3)9-14/h5-10,17,20H,4H2,1-3H3. The van der Waals surface area contributed by atoms with Crippen molar-refractivity contribution in [2.45, 2.75) is 26.8 Å². The fourth-order valence-electron chi connectivity index (χ4n) is 2.46. The predicted molar refractivity (Wildman–Crippen MR) is 90.6 cm³/mol. The summed E-state index contributed by atoms with van der Waals surface area (Å²) in [7, 11) is 0. The second-order valence-electron chi connectivity index (χ2n) is 5.01. The van der Waals surface area contributed by atoms with Gasteiger partial charge in [0.1, 0.15) is 5.82 Å². The average molecular weight is 383 g/mol. The lowest BCUT2D eigenvalue weighted by molar-refractivity contribution is 0.598. The molecule has 0 radical (unpaired) electrons. The van der Waals surface area contributed by atoms with Crippen molar-refractivity contribution in [2.75, 3.05) is 6.54 Å². The number of halogens is 2. The molecule has 0 aliphatic rings. The molecule has 0 fully saturated rings. The van der Waals surface area contributed by atoms with Crippen LogP contribution in [0.4, 0.5) is 4.39 Å². The van der Waals surface area contributed by atoms with Gasteiger partial charge in [0.25, 0.3) is 0 Å². The van der Waals surface area contributed by atoms with Crippen molar-refractivity contribution < 1.29 is 4.39 Å². The van der Waals surface area contributed by atoms with E-state index < -0.39 is 0 Å². The minimum absolute atomic E-state index is 0.104. The van der Waals surface area contributed by atoms with Crippen molar-refractivity contribution >= 4 is 22.6 Å². The van der Waals surface area contributed by atoms with Gasteiger partial charge in [0, 0.05) is 3.57 Å². The number of rotatable bonds is 4. The lowest BCUT2D eigenvalue weighted by Crippen LogP contribution is -2.22. The molecule has 0 spiro atoms. The molecule has 0 saturated carbocycles. The van der Waals surface area contributed by atoms with E-state index in [1.54, 1.807) is 0 Å². The summed E-state index contributed by atoms with van der Waals surface area (Å²) < 4.78 is 15.0. The van der Waals surface area contributed by atoms with Gasteiger partial charge in [-0.2, -0.15) is 0 Å². The fraction of sp³-hybridized carbons (Fsp3) is 0.294. The second-order valence-corrected chi connectivity index (χ2v) is 6.26. The van der Waals surface area contributed by atoms with E-state index in [4.69, 9.17) is 0 Å². The van der Waals surface area contributed by atoms with E-state index >= 15 is 0 Å². The van der Waals surface area contributed by atoms with Crippen LogP contribution in [0.15, 0.2) is 36.4 Å². The lowest BCUT2D eigenvalue weighted by atomic mass is 9.95. The molecular formula is C17H19FIN. The highest BCUT2D eigenvalue weighted by atomic mass is 127. The molecule has 0 heterocycles. The van der Waals surface area contributed by atoms with Gasteiger partial charge in [-0.05, 0) is 77.4 Å². The molecule has 0 bridgehead atoms. The van der Waals surface area contributed by atoms with Gasteiger partial charge in [0.2, 0.25) is 0 Å². The van der Waals surface area contributed by atoms with Crippen molar-refractivity contribution in [1.29, 1.82) is 0 Å². The van der Waals surface area contributed by atoms with Crippen LogP contribution in [0.3, 0.4) is 0 Å². The Morgan fingerprint density at radius 3 is 2.30 bits per heavy atom. The molecule has 0 saturated heterocycles. The molecule has 1 N–H and O–H groups in total. The van der Waals surface area contributed by atoms with Crippen LogP contribution in [0.25, 0.3) is 0 Å². The van der Waals surface area contributed by atoms with E-state index in [9.17, 15) is 4.39 Å². The quantitative estimate of drug-likeness (QED) is 0.752. The molecule has 0 aliphatic carbocycles. The van der Waals surface area contributed by atoms with Crippen molar-refractivity contribution in [3.05, 3.63) is 68.0 Å². The van der Waals surface area contributed by atoms with Gasteiger partial charge in [-0.3, -0.25) is 0 Å². The zero-order valence-corrected chi connectivity index (χ0v) is 14.2. The molecule has 2 rings (SSSR count). The topological polar surface area (TPSA) is 12.0 Å². The minimum Gasteiger partial charge on any atom is -0.307 e. The van der Waals surface area contributed by atoms with Crippen LogP contribution < -0.4 is 5.32 Å². The molecule has 1 unspecified atom stereocenters. The van der Waals surface area contributed by atoms with Crippen LogP contribution in [-0.4, -0.2) is 6.54 Å². The number of benzene rings is 2. The largest absolute Gasteiger partial charge is 0.307 e. The first kappa shape index (κ1) is 15.4. The van der Waals surface area contributed by atoms with Crippen LogP contribution >= 0.6 is 22.6 Å². The predicted octanol–water partition coefficient (Wildman–Crippen LogP) is 4.75. The Hall–Kier alpha value is -0.940. The normalized spacial score (nSPS) is 12.4. The first-order valence-corrected chi connectivity index (χ1v) is 7.86.